The lowest BCUT2D eigenvalue weighted by Gasteiger charge is -2.26. The van der Waals surface area contributed by atoms with Crippen molar-refractivity contribution >= 4 is 40.6 Å². The highest BCUT2D eigenvalue weighted by molar-refractivity contribution is 6.35. The molecule has 3 rings (SSSR count). The predicted octanol–water partition coefficient (Wildman–Crippen LogP) is 3.92. The van der Waals surface area contributed by atoms with Crippen molar-refractivity contribution in [2.24, 2.45) is 5.73 Å². The maximum Gasteiger partial charge on any atom is 0.282 e. The van der Waals surface area contributed by atoms with Crippen LogP contribution in [0.1, 0.15) is 25.2 Å². The van der Waals surface area contributed by atoms with Gasteiger partial charge in [0.15, 0.2) is 0 Å². The van der Waals surface area contributed by atoms with Gasteiger partial charge in [-0.05, 0) is 42.8 Å². The fourth-order valence-corrected chi connectivity index (χ4v) is 2.93. The summed E-state index contributed by atoms with van der Waals surface area (Å²) in [5.41, 5.74) is 7.00. The third kappa shape index (κ3) is 3.53. The van der Waals surface area contributed by atoms with E-state index in [-0.39, 0.29) is 23.8 Å². The van der Waals surface area contributed by atoms with Gasteiger partial charge in [-0.15, -0.1) is 12.4 Å². The van der Waals surface area contributed by atoms with E-state index in [9.17, 15) is 9.18 Å². The molecule has 0 aliphatic rings. The normalized spacial score (nSPS) is 11.9. The third-order valence-electron chi connectivity index (χ3n) is 4.12. The van der Waals surface area contributed by atoms with Crippen LogP contribution in [-0.2, 0) is 0 Å². The van der Waals surface area contributed by atoms with Crippen LogP contribution in [-0.4, -0.2) is 16.7 Å². The summed E-state index contributed by atoms with van der Waals surface area (Å²) in [5, 5.41) is 2.25. The first-order chi connectivity index (χ1) is 11.9. The van der Waals surface area contributed by atoms with E-state index in [2.05, 4.69) is 4.98 Å². The van der Waals surface area contributed by atoms with Crippen LogP contribution in [0.2, 0.25) is 5.02 Å². The fourth-order valence-electron chi connectivity index (χ4n) is 2.68. The zero-order valence-electron chi connectivity index (χ0n) is 14.3. The predicted molar refractivity (Wildman–Crippen MR) is 106 cm³/mol. The van der Waals surface area contributed by atoms with Crippen molar-refractivity contribution in [1.29, 1.82) is 0 Å². The van der Waals surface area contributed by atoms with Gasteiger partial charge in [0.2, 0.25) is 0 Å². The van der Waals surface area contributed by atoms with Gasteiger partial charge in [-0.25, -0.2) is 14.1 Å². The molecule has 0 unspecified atom stereocenters. The zero-order valence-corrected chi connectivity index (χ0v) is 15.9. The minimum atomic E-state index is -0.432. The van der Waals surface area contributed by atoms with Gasteiger partial charge in [0, 0.05) is 7.05 Å². The van der Waals surface area contributed by atoms with E-state index in [1.54, 1.807) is 42.4 Å². The lowest BCUT2D eigenvalue weighted by molar-refractivity contribution is 0.570. The molecule has 138 valence electrons. The van der Waals surface area contributed by atoms with E-state index >= 15 is 0 Å². The van der Waals surface area contributed by atoms with Crippen molar-refractivity contribution in [3.8, 4) is 0 Å². The van der Waals surface area contributed by atoms with Gasteiger partial charge in [0.05, 0.1) is 27.7 Å². The smallest absolute Gasteiger partial charge is 0.282 e. The van der Waals surface area contributed by atoms with Crippen molar-refractivity contribution in [3.63, 3.8) is 0 Å². The first-order valence-corrected chi connectivity index (χ1v) is 8.28. The Morgan fingerprint density at radius 1 is 1.27 bits per heavy atom. The molecule has 0 radical (unpaired) electrons. The van der Waals surface area contributed by atoms with E-state index in [1.165, 1.54) is 16.8 Å². The number of anilines is 1. The number of nitrogens with zero attached hydrogens (tertiary/aromatic N) is 3. The second kappa shape index (κ2) is 8.03. The molecule has 0 saturated heterocycles. The maximum atomic E-state index is 13.2. The molecule has 26 heavy (non-hydrogen) atoms. The van der Waals surface area contributed by atoms with Gasteiger partial charge >= 0.3 is 0 Å². The number of rotatable bonds is 4. The number of benzene rings is 2. The third-order valence-corrected chi connectivity index (χ3v) is 4.44. The standard InChI is InChI=1S/C18H18ClFN4O.ClH/c1-3-14(21)17-22-15-6-4-5-13(19)16(15)18(25)24(17)23(2)12-9-7-11(20)8-10-12;/h4-10,14H,3,21H2,1-2H3;1H/t14-;/m0./s1. The molecule has 0 bridgehead atoms. The van der Waals surface area contributed by atoms with Crippen LogP contribution < -0.4 is 16.3 Å². The van der Waals surface area contributed by atoms with Crippen LogP contribution in [0.3, 0.4) is 0 Å². The van der Waals surface area contributed by atoms with Crippen molar-refractivity contribution in [2.75, 3.05) is 12.1 Å². The molecule has 1 aromatic heterocycles. The van der Waals surface area contributed by atoms with Gasteiger partial charge in [0.25, 0.3) is 5.56 Å². The second-order valence-corrected chi connectivity index (χ2v) is 6.14. The van der Waals surface area contributed by atoms with Crippen molar-refractivity contribution in [2.45, 2.75) is 19.4 Å². The summed E-state index contributed by atoms with van der Waals surface area (Å²) < 4.78 is 14.6. The summed E-state index contributed by atoms with van der Waals surface area (Å²) in [6.07, 6.45) is 0.607. The van der Waals surface area contributed by atoms with E-state index in [4.69, 9.17) is 17.3 Å². The summed E-state index contributed by atoms with van der Waals surface area (Å²) in [7, 11) is 1.70. The highest BCUT2D eigenvalue weighted by Gasteiger charge is 2.20. The van der Waals surface area contributed by atoms with Crippen molar-refractivity contribution in [1.82, 2.24) is 9.66 Å². The second-order valence-electron chi connectivity index (χ2n) is 5.74. The average Bonchev–Trinajstić information content (AvgIpc) is 2.60. The number of nitrogens with two attached hydrogens (primary N) is 1. The highest BCUT2D eigenvalue weighted by Crippen LogP contribution is 2.23. The van der Waals surface area contributed by atoms with Gasteiger partial charge < -0.3 is 5.73 Å². The Morgan fingerprint density at radius 2 is 1.92 bits per heavy atom. The van der Waals surface area contributed by atoms with E-state index in [0.29, 0.717) is 33.9 Å². The quantitative estimate of drug-likeness (QED) is 0.725. The van der Waals surface area contributed by atoms with Gasteiger partial charge in [-0.3, -0.25) is 9.80 Å². The Hall–Kier alpha value is -2.15. The van der Waals surface area contributed by atoms with E-state index in [1.807, 2.05) is 6.92 Å². The summed E-state index contributed by atoms with van der Waals surface area (Å²) in [4.78, 5) is 17.7. The SMILES string of the molecule is CC[C@H](N)c1nc2cccc(Cl)c2c(=O)n1N(C)c1ccc(F)cc1.Cl. The van der Waals surface area contributed by atoms with Crippen molar-refractivity contribution < 1.29 is 4.39 Å². The van der Waals surface area contributed by atoms with Gasteiger partial charge in [0.1, 0.15) is 11.6 Å². The number of hydrogen-bond acceptors (Lipinski definition) is 4. The highest BCUT2D eigenvalue weighted by atomic mass is 35.5. The Bertz CT molecular complexity index is 975. The molecule has 0 amide bonds. The molecule has 0 aliphatic heterocycles. The molecule has 0 saturated carbocycles. The zero-order chi connectivity index (χ0) is 18.1. The molecule has 0 spiro atoms. The molecule has 1 atom stereocenters. The Balaban J connectivity index is 0.00000243. The minimum absolute atomic E-state index is 0. The summed E-state index contributed by atoms with van der Waals surface area (Å²) in [6, 6.07) is 10.5. The van der Waals surface area contributed by atoms with Gasteiger partial charge in [-0.1, -0.05) is 24.6 Å². The Labute approximate surface area is 161 Å². The molecule has 3 aromatic rings. The number of hydrogen-bond donors (Lipinski definition) is 1. The number of halogens is 3. The number of aromatic nitrogens is 2. The minimum Gasteiger partial charge on any atom is -0.321 e. The molecular weight excluding hydrogens is 378 g/mol. The molecule has 0 fully saturated rings. The summed E-state index contributed by atoms with van der Waals surface area (Å²) in [5.74, 6) is 0.0729. The topological polar surface area (TPSA) is 64.1 Å². The Morgan fingerprint density at radius 3 is 2.54 bits per heavy atom. The van der Waals surface area contributed by atoms with Crippen LogP contribution >= 0.6 is 24.0 Å². The van der Waals surface area contributed by atoms with Crippen LogP contribution in [0.4, 0.5) is 10.1 Å². The lowest BCUT2D eigenvalue weighted by atomic mass is 10.2. The fraction of sp³-hybridized carbons (Fsp3) is 0.222. The maximum absolute atomic E-state index is 13.2. The van der Waals surface area contributed by atoms with E-state index < -0.39 is 6.04 Å². The van der Waals surface area contributed by atoms with Crippen LogP contribution in [0.5, 0.6) is 0 Å². The molecule has 0 aliphatic carbocycles. The Kier molecular flexibility index (Phi) is 6.23. The molecule has 1 heterocycles. The summed E-state index contributed by atoms with van der Waals surface area (Å²) in [6.45, 7) is 1.92. The number of fused-ring (bicyclic) bond motifs is 1. The molecule has 2 N–H and O–H groups in total. The molecular formula is C18H19Cl2FN4O. The molecule has 5 nitrogen and oxygen atoms in total. The average molecular weight is 397 g/mol. The van der Waals surface area contributed by atoms with Crippen molar-refractivity contribution in [3.05, 3.63) is 69.5 Å². The monoisotopic (exact) mass is 396 g/mol. The molecule has 8 heteroatoms. The van der Waals surface area contributed by atoms with Crippen LogP contribution in [0, 0.1) is 5.82 Å². The van der Waals surface area contributed by atoms with Gasteiger partial charge in [-0.2, -0.15) is 0 Å². The summed E-state index contributed by atoms with van der Waals surface area (Å²) >= 11 is 6.22. The molecule has 2 aromatic carbocycles. The first kappa shape index (κ1) is 20.2. The van der Waals surface area contributed by atoms with Crippen LogP contribution in [0.25, 0.3) is 10.9 Å². The lowest BCUT2D eigenvalue weighted by Crippen LogP contribution is -2.40. The van der Waals surface area contributed by atoms with Crippen LogP contribution in [0.15, 0.2) is 47.3 Å². The largest absolute Gasteiger partial charge is 0.321 e. The van der Waals surface area contributed by atoms with E-state index in [0.717, 1.165) is 0 Å². The first-order valence-electron chi connectivity index (χ1n) is 7.90.